The lowest BCUT2D eigenvalue weighted by Crippen LogP contribution is -2.41. The maximum Gasteiger partial charge on any atom is 0.244 e. The van der Waals surface area contributed by atoms with Gasteiger partial charge in [0.2, 0.25) is 15.9 Å². The minimum atomic E-state index is -3.55. The average Bonchev–Trinajstić information content (AvgIpc) is 3.17. The smallest absolute Gasteiger partial charge is 0.244 e. The molecular formula is C21H26N4O3S. The highest BCUT2D eigenvalue weighted by Crippen LogP contribution is 2.31. The summed E-state index contributed by atoms with van der Waals surface area (Å²) in [6.07, 6.45) is 4.98. The van der Waals surface area contributed by atoms with Crippen molar-refractivity contribution in [3.63, 3.8) is 0 Å². The Morgan fingerprint density at radius 1 is 1.21 bits per heavy atom. The van der Waals surface area contributed by atoms with Crippen LogP contribution in [0.2, 0.25) is 0 Å². The van der Waals surface area contributed by atoms with Crippen molar-refractivity contribution in [1.29, 1.82) is 0 Å². The minimum absolute atomic E-state index is 0.0376. The molecule has 0 saturated carbocycles. The number of hydrogen-bond acceptors (Lipinski definition) is 5. The van der Waals surface area contributed by atoms with Crippen molar-refractivity contribution >= 4 is 27.3 Å². The van der Waals surface area contributed by atoms with Gasteiger partial charge in [0.05, 0.1) is 0 Å². The Morgan fingerprint density at radius 2 is 2.00 bits per heavy atom. The highest BCUT2D eigenvalue weighted by molar-refractivity contribution is 7.89. The third-order valence-corrected chi connectivity index (χ3v) is 7.71. The molecule has 1 aromatic carbocycles. The van der Waals surface area contributed by atoms with Gasteiger partial charge in [-0.1, -0.05) is 6.07 Å². The summed E-state index contributed by atoms with van der Waals surface area (Å²) in [6, 6.07) is 9.26. The fraction of sp³-hybridized carbons (Fsp3) is 0.429. The summed E-state index contributed by atoms with van der Waals surface area (Å²) in [5.74, 6) is -0.227. The Morgan fingerprint density at radius 3 is 2.69 bits per heavy atom. The number of piperidine rings is 1. The number of anilines is 2. The fourth-order valence-corrected chi connectivity index (χ4v) is 5.54. The van der Waals surface area contributed by atoms with E-state index in [1.165, 1.54) is 21.8 Å². The lowest BCUT2D eigenvalue weighted by molar-refractivity contribution is -0.120. The van der Waals surface area contributed by atoms with E-state index >= 15 is 0 Å². The molecule has 3 heterocycles. The Kier molecular flexibility index (Phi) is 5.56. The molecule has 0 spiro atoms. The number of rotatable bonds is 5. The van der Waals surface area contributed by atoms with Gasteiger partial charge in [-0.2, -0.15) is 4.31 Å². The van der Waals surface area contributed by atoms with Crippen molar-refractivity contribution in [2.24, 2.45) is 5.92 Å². The first kappa shape index (κ1) is 19.8. The summed E-state index contributed by atoms with van der Waals surface area (Å²) >= 11 is 0. The molecule has 2 aromatic rings. The van der Waals surface area contributed by atoms with Gasteiger partial charge in [0.1, 0.15) is 4.90 Å². The number of benzene rings is 1. The SMILES string of the molecule is CCN1CCc2ccc(NC(=O)C3CCN(S(=O)(=O)c4cccnc4)CC3)cc21. The molecule has 154 valence electrons. The number of nitrogens with one attached hydrogen (secondary N) is 1. The van der Waals surface area contributed by atoms with Crippen molar-refractivity contribution in [1.82, 2.24) is 9.29 Å². The van der Waals surface area contributed by atoms with Gasteiger partial charge >= 0.3 is 0 Å². The Labute approximate surface area is 171 Å². The number of hydrogen-bond donors (Lipinski definition) is 1. The molecule has 1 amide bonds. The first-order valence-electron chi connectivity index (χ1n) is 10.1. The summed E-state index contributed by atoms with van der Waals surface area (Å²) in [7, 11) is -3.55. The van der Waals surface area contributed by atoms with Crippen LogP contribution in [0, 0.1) is 5.92 Å². The van der Waals surface area contributed by atoms with E-state index in [1.807, 2.05) is 12.1 Å². The van der Waals surface area contributed by atoms with Crippen LogP contribution >= 0.6 is 0 Å². The molecule has 0 aliphatic carbocycles. The second-order valence-electron chi connectivity index (χ2n) is 7.53. The molecule has 0 atom stereocenters. The van der Waals surface area contributed by atoms with E-state index in [0.717, 1.165) is 25.2 Å². The summed E-state index contributed by atoms with van der Waals surface area (Å²) in [4.78, 5) is 19.1. The molecule has 0 radical (unpaired) electrons. The summed E-state index contributed by atoms with van der Waals surface area (Å²) in [6.45, 7) is 4.78. The van der Waals surface area contributed by atoms with Gasteiger partial charge in [-0.3, -0.25) is 9.78 Å². The van der Waals surface area contributed by atoms with E-state index in [0.29, 0.717) is 25.9 Å². The monoisotopic (exact) mass is 414 g/mol. The van der Waals surface area contributed by atoms with Crippen molar-refractivity contribution in [3.8, 4) is 0 Å². The molecule has 2 aliphatic heterocycles. The van der Waals surface area contributed by atoms with Gasteiger partial charge in [-0.25, -0.2) is 8.42 Å². The molecule has 1 N–H and O–H groups in total. The summed E-state index contributed by atoms with van der Waals surface area (Å²) in [5.41, 5.74) is 3.32. The van der Waals surface area contributed by atoms with E-state index in [2.05, 4.69) is 28.2 Å². The maximum absolute atomic E-state index is 12.7. The number of amides is 1. The second-order valence-corrected chi connectivity index (χ2v) is 9.47. The number of carbonyl (C=O) groups excluding carboxylic acids is 1. The molecule has 2 aliphatic rings. The van der Waals surface area contributed by atoms with Crippen molar-refractivity contribution in [3.05, 3.63) is 48.3 Å². The first-order chi connectivity index (χ1) is 14.0. The lowest BCUT2D eigenvalue weighted by atomic mass is 9.97. The molecule has 4 rings (SSSR count). The van der Waals surface area contributed by atoms with Gasteiger partial charge in [0, 0.05) is 55.9 Å². The Bertz CT molecular complexity index is 986. The largest absolute Gasteiger partial charge is 0.371 e. The number of carbonyl (C=O) groups is 1. The van der Waals surface area contributed by atoms with Gasteiger partial charge in [-0.05, 0) is 56.0 Å². The molecule has 8 heteroatoms. The first-order valence-corrected chi connectivity index (χ1v) is 11.5. The van der Waals surface area contributed by atoms with Gasteiger partial charge < -0.3 is 10.2 Å². The van der Waals surface area contributed by atoms with E-state index < -0.39 is 10.0 Å². The topological polar surface area (TPSA) is 82.6 Å². The number of aromatic nitrogens is 1. The minimum Gasteiger partial charge on any atom is -0.371 e. The molecule has 1 fully saturated rings. The van der Waals surface area contributed by atoms with Crippen molar-refractivity contribution in [2.75, 3.05) is 36.4 Å². The van der Waals surface area contributed by atoms with E-state index in [9.17, 15) is 13.2 Å². The third kappa shape index (κ3) is 4.00. The third-order valence-electron chi connectivity index (χ3n) is 5.82. The normalized spacial score (nSPS) is 17.9. The molecule has 0 unspecified atom stereocenters. The van der Waals surface area contributed by atoms with E-state index in [-0.39, 0.29) is 16.7 Å². The highest BCUT2D eigenvalue weighted by Gasteiger charge is 2.32. The Hall–Kier alpha value is -2.45. The highest BCUT2D eigenvalue weighted by atomic mass is 32.2. The zero-order valence-corrected chi connectivity index (χ0v) is 17.4. The van der Waals surface area contributed by atoms with Crippen LogP contribution in [0.1, 0.15) is 25.3 Å². The summed E-state index contributed by atoms with van der Waals surface area (Å²) in [5, 5.41) is 3.03. The van der Waals surface area contributed by atoms with Crippen LogP contribution in [-0.2, 0) is 21.2 Å². The van der Waals surface area contributed by atoms with Crippen molar-refractivity contribution in [2.45, 2.75) is 31.1 Å². The van der Waals surface area contributed by atoms with E-state index in [4.69, 9.17) is 0 Å². The predicted octanol–water partition coefficient (Wildman–Crippen LogP) is 2.50. The van der Waals surface area contributed by atoms with Crippen LogP contribution in [0.15, 0.2) is 47.6 Å². The molecule has 0 bridgehead atoms. The molecule has 29 heavy (non-hydrogen) atoms. The zero-order valence-electron chi connectivity index (χ0n) is 16.5. The van der Waals surface area contributed by atoms with Crippen LogP contribution in [0.5, 0.6) is 0 Å². The fourth-order valence-electron chi connectivity index (χ4n) is 4.10. The quantitative estimate of drug-likeness (QED) is 0.813. The van der Waals surface area contributed by atoms with Gasteiger partial charge in [-0.15, -0.1) is 0 Å². The lowest BCUT2D eigenvalue weighted by Gasteiger charge is -2.30. The number of nitrogens with zero attached hydrogens (tertiary/aromatic N) is 3. The number of pyridine rings is 1. The van der Waals surface area contributed by atoms with Crippen LogP contribution < -0.4 is 10.2 Å². The van der Waals surface area contributed by atoms with Gasteiger partial charge in [0.25, 0.3) is 0 Å². The predicted molar refractivity (Wildman–Crippen MR) is 112 cm³/mol. The average molecular weight is 415 g/mol. The maximum atomic E-state index is 12.7. The zero-order chi connectivity index (χ0) is 20.4. The van der Waals surface area contributed by atoms with E-state index in [1.54, 1.807) is 18.3 Å². The van der Waals surface area contributed by atoms with Crippen LogP contribution in [0.25, 0.3) is 0 Å². The van der Waals surface area contributed by atoms with Gasteiger partial charge in [0.15, 0.2) is 0 Å². The molecule has 1 aromatic heterocycles. The number of fused-ring (bicyclic) bond motifs is 1. The number of sulfonamides is 1. The molecule has 1 saturated heterocycles. The molecule has 7 nitrogen and oxygen atoms in total. The number of likely N-dealkylation sites (N-methyl/N-ethyl adjacent to an activating group) is 1. The Balaban J connectivity index is 1.38. The summed E-state index contributed by atoms with van der Waals surface area (Å²) < 4.78 is 26.9. The van der Waals surface area contributed by atoms with Crippen molar-refractivity contribution < 1.29 is 13.2 Å². The standard InChI is InChI=1S/C21H26N4O3S/c1-2-24-11-7-16-5-6-18(14-20(16)24)23-21(26)17-8-12-25(13-9-17)29(27,28)19-4-3-10-22-15-19/h3-6,10,14-15,17H,2,7-9,11-13H2,1H3,(H,23,26). The van der Waals surface area contributed by atoms with Crippen LogP contribution in [0.3, 0.4) is 0 Å². The van der Waals surface area contributed by atoms with Crippen LogP contribution in [0.4, 0.5) is 11.4 Å². The van der Waals surface area contributed by atoms with Crippen LogP contribution in [-0.4, -0.2) is 49.8 Å². The second kappa shape index (κ2) is 8.12. The molecular weight excluding hydrogens is 388 g/mol.